The molecule has 4 heteroatoms. The van der Waals surface area contributed by atoms with Crippen LogP contribution in [0.3, 0.4) is 0 Å². The molecule has 0 radical (unpaired) electrons. The van der Waals surface area contributed by atoms with Crippen LogP contribution in [0.25, 0.3) is 0 Å². The number of nitrogens with two attached hydrogens (primary N) is 1. The van der Waals surface area contributed by atoms with Gasteiger partial charge in [-0.3, -0.25) is 4.79 Å². The Morgan fingerprint density at radius 3 is 2.89 bits per heavy atom. The van der Waals surface area contributed by atoms with Crippen LogP contribution in [0.1, 0.15) is 32.3 Å². The van der Waals surface area contributed by atoms with E-state index < -0.39 is 0 Å². The number of halogens is 1. The van der Waals surface area contributed by atoms with Crippen molar-refractivity contribution in [3.8, 4) is 11.8 Å². The molecule has 0 aliphatic carbocycles. The highest BCUT2D eigenvalue weighted by Crippen LogP contribution is 2.18. The van der Waals surface area contributed by atoms with Gasteiger partial charge in [0, 0.05) is 5.92 Å². The molecule has 1 rings (SSSR count). The van der Waals surface area contributed by atoms with Crippen molar-refractivity contribution in [3.05, 3.63) is 29.6 Å². The number of amides is 1. The Bertz CT molecular complexity index is 503. The van der Waals surface area contributed by atoms with Crippen LogP contribution in [0.5, 0.6) is 0 Å². The quantitative estimate of drug-likeness (QED) is 0.819. The first-order chi connectivity index (χ1) is 9.08. The number of rotatable bonds is 4. The van der Waals surface area contributed by atoms with Crippen molar-refractivity contribution >= 4 is 11.6 Å². The monoisotopic (exact) mass is 262 g/mol. The van der Waals surface area contributed by atoms with Crippen molar-refractivity contribution in [2.75, 3.05) is 11.9 Å². The van der Waals surface area contributed by atoms with E-state index in [4.69, 9.17) is 5.73 Å². The molecule has 0 spiro atoms. The molecule has 0 saturated heterocycles. The van der Waals surface area contributed by atoms with Crippen LogP contribution in [0, 0.1) is 23.6 Å². The third kappa shape index (κ3) is 4.72. The Labute approximate surface area is 113 Å². The maximum atomic E-state index is 13.2. The largest absolute Gasteiger partial charge is 0.325 e. The van der Waals surface area contributed by atoms with Gasteiger partial charge in [0.1, 0.15) is 5.82 Å². The summed E-state index contributed by atoms with van der Waals surface area (Å²) in [7, 11) is 0. The molecule has 0 bridgehead atoms. The molecular formula is C15H19FN2O. The topological polar surface area (TPSA) is 55.1 Å². The summed E-state index contributed by atoms with van der Waals surface area (Å²) in [5, 5.41) is 2.78. The standard InChI is InChI=1S/C15H19FN2O/c1-3-5-11(2)15(19)18-14-8-7-13(16)10-12(14)6-4-9-17/h7-8,10-11H,3,5,9,17H2,1-2H3,(H,18,19). The lowest BCUT2D eigenvalue weighted by molar-refractivity contribution is -0.119. The highest BCUT2D eigenvalue weighted by atomic mass is 19.1. The van der Waals surface area contributed by atoms with E-state index in [0.29, 0.717) is 11.3 Å². The van der Waals surface area contributed by atoms with Gasteiger partial charge in [-0.15, -0.1) is 0 Å². The molecule has 1 aromatic rings. The van der Waals surface area contributed by atoms with Gasteiger partial charge in [0.05, 0.1) is 17.8 Å². The predicted molar refractivity (Wildman–Crippen MR) is 75.0 cm³/mol. The van der Waals surface area contributed by atoms with E-state index in [2.05, 4.69) is 17.2 Å². The van der Waals surface area contributed by atoms with Crippen molar-refractivity contribution in [1.82, 2.24) is 0 Å². The van der Waals surface area contributed by atoms with Gasteiger partial charge in [-0.1, -0.05) is 32.1 Å². The molecule has 1 aromatic carbocycles. The Morgan fingerprint density at radius 1 is 1.53 bits per heavy atom. The second kappa shape index (κ2) is 7.55. The molecule has 1 amide bonds. The van der Waals surface area contributed by atoms with Gasteiger partial charge in [0.2, 0.25) is 5.91 Å². The molecule has 102 valence electrons. The Hall–Kier alpha value is -1.86. The number of hydrogen-bond donors (Lipinski definition) is 2. The zero-order valence-electron chi connectivity index (χ0n) is 11.3. The van der Waals surface area contributed by atoms with E-state index in [9.17, 15) is 9.18 Å². The van der Waals surface area contributed by atoms with Crippen LogP contribution >= 0.6 is 0 Å². The normalized spacial score (nSPS) is 11.4. The summed E-state index contributed by atoms with van der Waals surface area (Å²) in [6.07, 6.45) is 1.76. The smallest absolute Gasteiger partial charge is 0.227 e. The van der Waals surface area contributed by atoms with E-state index in [1.54, 1.807) is 0 Å². The zero-order valence-corrected chi connectivity index (χ0v) is 11.3. The molecule has 19 heavy (non-hydrogen) atoms. The third-order valence-corrected chi connectivity index (χ3v) is 2.73. The first-order valence-corrected chi connectivity index (χ1v) is 6.37. The molecular weight excluding hydrogens is 243 g/mol. The van der Waals surface area contributed by atoms with Crippen LogP contribution in [-0.4, -0.2) is 12.5 Å². The van der Waals surface area contributed by atoms with E-state index in [-0.39, 0.29) is 24.2 Å². The fourth-order valence-corrected chi connectivity index (χ4v) is 1.70. The van der Waals surface area contributed by atoms with Crippen LogP contribution in [0.15, 0.2) is 18.2 Å². The highest BCUT2D eigenvalue weighted by molar-refractivity contribution is 5.93. The summed E-state index contributed by atoms with van der Waals surface area (Å²) in [5.41, 5.74) is 6.27. The molecule has 1 unspecified atom stereocenters. The molecule has 0 fully saturated rings. The number of hydrogen-bond acceptors (Lipinski definition) is 2. The van der Waals surface area contributed by atoms with E-state index in [0.717, 1.165) is 12.8 Å². The number of carbonyl (C=O) groups is 1. The molecule has 0 heterocycles. The van der Waals surface area contributed by atoms with Gasteiger partial charge in [-0.25, -0.2) is 4.39 Å². The molecule has 0 aliphatic heterocycles. The van der Waals surface area contributed by atoms with Crippen molar-refractivity contribution in [2.24, 2.45) is 11.7 Å². The minimum atomic E-state index is -0.388. The molecule has 0 aliphatic rings. The molecule has 3 nitrogen and oxygen atoms in total. The molecule has 1 atom stereocenters. The van der Waals surface area contributed by atoms with Gasteiger partial charge < -0.3 is 11.1 Å². The number of nitrogens with one attached hydrogen (secondary N) is 1. The summed E-state index contributed by atoms with van der Waals surface area (Å²) in [6.45, 7) is 4.09. The maximum Gasteiger partial charge on any atom is 0.227 e. The first-order valence-electron chi connectivity index (χ1n) is 6.37. The predicted octanol–water partition coefficient (Wildman–Crippen LogP) is 2.51. The summed E-state index contributed by atoms with van der Waals surface area (Å²) < 4.78 is 13.2. The molecule has 0 aromatic heterocycles. The van der Waals surface area contributed by atoms with Crippen LogP contribution < -0.4 is 11.1 Å². The van der Waals surface area contributed by atoms with Crippen LogP contribution in [0.2, 0.25) is 0 Å². The van der Waals surface area contributed by atoms with Crippen molar-refractivity contribution in [1.29, 1.82) is 0 Å². The van der Waals surface area contributed by atoms with E-state index >= 15 is 0 Å². The lowest BCUT2D eigenvalue weighted by Crippen LogP contribution is -2.20. The average Bonchev–Trinajstić information content (AvgIpc) is 2.39. The maximum absolute atomic E-state index is 13.2. The van der Waals surface area contributed by atoms with Crippen molar-refractivity contribution in [3.63, 3.8) is 0 Å². The number of anilines is 1. The summed E-state index contributed by atoms with van der Waals surface area (Å²) in [6, 6.07) is 4.11. The zero-order chi connectivity index (χ0) is 14.3. The van der Waals surface area contributed by atoms with E-state index in [1.807, 2.05) is 13.8 Å². The van der Waals surface area contributed by atoms with E-state index in [1.165, 1.54) is 18.2 Å². The minimum absolute atomic E-state index is 0.0784. The van der Waals surface area contributed by atoms with Crippen molar-refractivity contribution < 1.29 is 9.18 Å². The lowest BCUT2D eigenvalue weighted by Gasteiger charge is -2.12. The summed E-state index contributed by atoms with van der Waals surface area (Å²) in [5.74, 6) is 4.87. The van der Waals surface area contributed by atoms with Gasteiger partial charge in [-0.05, 0) is 24.6 Å². The number of benzene rings is 1. The fraction of sp³-hybridized carbons (Fsp3) is 0.400. The van der Waals surface area contributed by atoms with Crippen molar-refractivity contribution in [2.45, 2.75) is 26.7 Å². The Kier molecular flexibility index (Phi) is 6.04. The van der Waals surface area contributed by atoms with Gasteiger partial charge in [0.15, 0.2) is 0 Å². The van der Waals surface area contributed by atoms with Gasteiger partial charge >= 0.3 is 0 Å². The van der Waals surface area contributed by atoms with Crippen LogP contribution in [-0.2, 0) is 4.79 Å². The Morgan fingerprint density at radius 2 is 2.26 bits per heavy atom. The summed E-state index contributed by atoms with van der Waals surface area (Å²) >= 11 is 0. The average molecular weight is 262 g/mol. The minimum Gasteiger partial charge on any atom is -0.325 e. The first kappa shape index (κ1) is 15.2. The SMILES string of the molecule is CCCC(C)C(=O)Nc1ccc(F)cc1C#CCN. The highest BCUT2D eigenvalue weighted by Gasteiger charge is 2.13. The second-order valence-corrected chi connectivity index (χ2v) is 4.37. The molecule has 3 N–H and O–H groups in total. The summed E-state index contributed by atoms with van der Waals surface area (Å²) in [4.78, 5) is 11.9. The second-order valence-electron chi connectivity index (χ2n) is 4.37. The fourth-order valence-electron chi connectivity index (χ4n) is 1.70. The van der Waals surface area contributed by atoms with Gasteiger partial charge in [0.25, 0.3) is 0 Å². The molecule has 0 saturated carbocycles. The number of carbonyl (C=O) groups excluding carboxylic acids is 1. The lowest BCUT2D eigenvalue weighted by atomic mass is 10.0. The van der Waals surface area contributed by atoms with Crippen LogP contribution in [0.4, 0.5) is 10.1 Å². The Balaban J connectivity index is 2.91. The third-order valence-electron chi connectivity index (χ3n) is 2.73. The van der Waals surface area contributed by atoms with Gasteiger partial charge in [-0.2, -0.15) is 0 Å².